The summed E-state index contributed by atoms with van der Waals surface area (Å²) in [6.45, 7) is 0.807. The number of rotatable bonds is 4. The summed E-state index contributed by atoms with van der Waals surface area (Å²) in [7, 11) is -3.64. The molecule has 0 aromatic heterocycles. The van der Waals surface area contributed by atoms with Gasteiger partial charge in [-0.05, 0) is 24.3 Å². The average molecular weight is 298 g/mol. The lowest BCUT2D eigenvalue weighted by molar-refractivity contribution is -0.126. The number of benzene rings is 1. The Kier molecular flexibility index (Phi) is 4.74. The van der Waals surface area contributed by atoms with Crippen molar-refractivity contribution in [1.29, 1.82) is 0 Å². The van der Waals surface area contributed by atoms with Crippen molar-refractivity contribution in [3.63, 3.8) is 0 Å². The molecule has 0 unspecified atom stereocenters. The highest BCUT2D eigenvalue weighted by atomic mass is 32.2. The summed E-state index contributed by atoms with van der Waals surface area (Å²) < 4.78 is 25.2. The van der Waals surface area contributed by atoms with E-state index in [0.29, 0.717) is 19.0 Å². The molecule has 1 heterocycles. The number of carbonyl (C=O) groups excluding carboxylic acids is 1. The Morgan fingerprint density at radius 2 is 1.85 bits per heavy atom. The SMILES string of the molecule is O=C(CS(=O)(=O)N1CCC(c2ccccc2)CC1)NO. The van der Waals surface area contributed by atoms with Gasteiger partial charge >= 0.3 is 0 Å². The van der Waals surface area contributed by atoms with E-state index >= 15 is 0 Å². The Bertz CT molecular complexity index is 551. The Morgan fingerprint density at radius 3 is 2.40 bits per heavy atom. The van der Waals surface area contributed by atoms with Crippen molar-refractivity contribution >= 4 is 15.9 Å². The zero-order valence-corrected chi connectivity index (χ0v) is 11.8. The lowest BCUT2D eigenvalue weighted by Crippen LogP contribution is -2.42. The minimum absolute atomic E-state index is 0.356. The molecule has 0 spiro atoms. The maximum atomic E-state index is 12.0. The molecular formula is C13H18N2O4S. The summed E-state index contributed by atoms with van der Waals surface area (Å²) in [6, 6.07) is 10.0. The maximum absolute atomic E-state index is 12.0. The van der Waals surface area contributed by atoms with Gasteiger partial charge in [0.05, 0.1) is 0 Å². The van der Waals surface area contributed by atoms with Crippen molar-refractivity contribution in [3.05, 3.63) is 35.9 Å². The molecule has 2 N–H and O–H groups in total. The molecule has 0 saturated carbocycles. The van der Waals surface area contributed by atoms with Crippen LogP contribution in [-0.2, 0) is 14.8 Å². The second kappa shape index (κ2) is 6.34. The van der Waals surface area contributed by atoms with Gasteiger partial charge in [-0.15, -0.1) is 0 Å². The summed E-state index contributed by atoms with van der Waals surface area (Å²) in [4.78, 5) is 11.0. The molecule has 1 amide bonds. The summed E-state index contributed by atoms with van der Waals surface area (Å²) in [5.41, 5.74) is 2.57. The van der Waals surface area contributed by atoms with E-state index in [9.17, 15) is 13.2 Å². The number of piperidine rings is 1. The van der Waals surface area contributed by atoms with E-state index in [-0.39, 0.29) is 0 Å². The molecule has 110 valence electrons. The number of sulfonamides is 1. The van der Waals surface area contributed by atoms with Crippen molar-refractivity contribution in [2.24, 2.45) is 0 Å². The number of amides is 1. The van der Waals surface area contributed by atoms with E-state index in [1.165, 1.54) is 15.3 Å². The number of nitrogens with one attached hydrogen (secondary N) is 1. The summed E-state index contributed by atoms with van der Waals surface area (Å²) in [6.07, 6.45) is 1.48. The summed E-state index contributed by atoms with van der Waals surface area (Å²) in [5, 5.41) is 8.40. The zero-order chi connectivity index (χ0) is 14.6. The van der Waals surface area contributed by atoms with Crippen molar-refractivity contribution in [3.8, 4) is 0 Å². The second-order valence-corrected chi connectivity index (χ2v) is 6.84. The van der Waals surface area contributed by atoms with E-state index in [4.69, 9.17) is 5.21 Å². The number of carbonyl (C=O) groups is 1. The topological polar surface area (TPSA) is 86.7 Å². The second-order valence-electron chi connectivity index (χ2n) is 4.88. The van der Waals surface area contributed by atoms with Crippen LogP contribution in [0.2, 0.25) is 0 Å². The van der Waals surface area contributed by atoms with Gasteiger partial charge in [0, 0.05) is 13.1 Å². The maximum Gasteiger partial charge on any atom is 0.259 e. The molecule has 20 heavy (non-hydrogen) atoms. The Hall–Kier alpha value is -1.44. The largest absolute Gasteiger partial charge is 0.289 e. The van der Waals surface area contributed by atoms with Crippen LogP contribution in [0.5, 0.6) is 0 Å². The quantitative estimate of drug-likeness (QED) is 0.633. The van der Waals surface area contributed by atoms with Gasteiger partial charge in [0.2, 0.25) is 10.0 Å². The minimum atomic E-state index is -3.64. The van der Waals surface area contributed by atoms with Crippen LogP contribution in [0.3, 0.4) is 0 Å². The molecule has 1 aliphatic rings. The lowest BCUT2D eigenvalue weighted by Gasteiger charge is -2.31. The van der Waals surface area contributed by atoms with Crippen molar-refractivity contribution in [2.75, 3.05) is 18.8 Å². The zero-order valence-electron chi connectivity index (χ0n) is 11.0. The number of nitrogens with zero attached hydrogens (tertiary/aromatic N) is 1. The number of hydrogen-bond donors (Lipinski definition) is 2. The van der Waals surface area contributed by atoms with Gasteiger partial charge < -0.3 is 0 Å². The van der Waals surface area contributed by atoms with Gasteiger partial charge in [0.15, 0.2) is 0 Å². The van der Waals surface area contributed by atoms with Gasteiger partial charge in [0.1, 0.15) is 5.75 Å². The fourth-order valence-corrected chi connectivity index (χ4v) is 3.83. The molecule has 1 fully saturated rings. The third-order valence-corrected chi connectivity index (χ3v) is 5.34. The van der Waals surface area contributed by atoms with Crippen LogP contribution in [0.15, 0.2) is 30.3 Å². The van der Waals surface area contributed by atoms with E-state index in [1.807, 2.05) is 30.3 Å². The first kappa shape index (κ1) is 15.0. The fraction of sp³-hybridized carbons (Fsp3) is 0.462. The van der Waals surface area contributed by atoms with E-state index in [2.05, 4.69) is 0 Å². The first-order valence-electron chi connectivity index (χ1n) is 6.48. The van der Waals surface area contributed by atoms with Crippen LogP contribution in [-0.4, -0.2) is 42.7 Å². The van der Waals surface area contributed by atoms with Gasteiger partial charge in [0.25, 0.3) is 5.91 Å². The third-order valence-electron chi connectivity index (χ3n) is 3.56. The van der Waals surface area contributed by atoms with Crippen LogP contribution in [0.25, 0.3) is 0 Å². The normalized spacial score (nSPS) is 17.9. The first-order valence-corrected chi connectivity index (χ1v) is 8.09. The Morgan fingerprint density at radius 1 is 1.25 bits per heavy atom. The van der Waals surface area contributed by atoms with Gasteiger partial charge in [-0.2, -0.15) is 0 Å². The van der Waals surface area contributed by atoms with Crippen LogP contribution in [0.4, 0.5) is 0 Å². The highest BCUT2D eigenvalue weighted by Gasteiger charge is 2.30. The van der Waals surface area contributed by atoms with Crippen molar-refractivity contribution in [2.45, 2.75) is 18.8 Å². The predicted octanol–water partition coefficient (Wildman–Crippen LogP) is 0.701. The van der Waals surface area contributed by atoms with Gasteiger partial charge in [-0.1, -0.05) is 30.3 Å². The van der Waals surface area contributed by atoms with Crippen molar-refractivity contribution in [1.82, 2.24) is 9.79 Å². The molecule has 0 bridgehead atoms. The number of hydroxylamine groups is 1. The molecule has 7 heteroatoms. The fourth-order valence-electron chi connectivity index (χ4n) is 2.48. The van der Waals surface area contributed by atoms with Gasteiger partial charge in [-0.3, -0.25) is 10.0 Å². The predicted molar refractivity (Wildman–Crippen MR) is 73.7 cm³/mol. The van der Waals surface area contributed by atoms with Crippen LogP contribution in [0.1, 0.15) is 24.3 Å². The molecule has 1 saturated heterocycles. The molecule has 1 aromatic carbocycles. The molecular weight excluding hydrogens is 280 g/mol. The van der Waals surface area contributed by atoms with Crippen LogP contribution in [0, 0.1) is 0 Å². The summed E-state index contributed by atoms with van der Waals surface area (Å²) in [5.74, 6) is -1.26. The van der Waals surface area contributed by atoms with Crippen LogP contribution < -0.4 is 5.48 Å². The highest BCUT2D eigenvalue weighted by molar-refractivity contribution is 7.89. The molecule has 1 aliphatic heterocycles. The first-order chi connectivity index (χ1) is 9.53. The monoisotopic (exact) mass is 298 g/mol. The lowest BCUT2D eigenvalue weighted by atomic mass is 9.90. The molecule has 0 atom stereocenters. The molecule has 0 radical (unpaired) electrons. The standard InChI is InChI=1S/C13H18N2O4S/c16-13(14-17)10-20(18,19)15-8-6-12(7-9-15)11-4-2-1-3-5-11/h1-5,12,17H,6-10H2,(H,14,16). The van der Waals surface area contributed by atoms with Crippen molar-refractivity contribution < 1.29 is 18.4 Å². The smallest absolute Gasteiger partial charge is 0.259 e. The molecule has 6 nitrogen and oxygen atoms in total. The van der Waals surface area contributed by atoms with Crippen LogP contribution >= 0.6 is 0 Å². The van der Waals surface area contributed by atoms with E-state index in [1.54, 1.807) is 0 Å². The summed E-state index contributed by atoms with van der Waals surface area (Å²) >= 11 is 0. The van der Waals surface area contributed by atoms with E-state index < -0.39 is 21.7 Å². The van der Waals surface area contributed by atoms with E-state index in [0.717, 1.165) is 12.8 Å². The van der Waals surface area contributed by atoms with Gasteiger partial charge in [-0.25, -0.2) is 18.2 Å². The highest BCUT2D eigenvalue weighted by Crippen LogP contribution is 2.28. The molecule has 1 aromatic rings. The third kappa shape index (κ3) is 3.56. The molecule has 0 aliphatic carbocycles. The Labute approximate surface area is 118 Å². The number of hydrogen-bond acceptors (Lipinski definition) is 4. The minimum Gasteiger partial charge on any atom is -0.289 e. The Balaban J connectivity index is 1.96. The average Bonchev–Trinajstić information content (AvgIpc) is 2.48. The molecule has 2 rings (SSSR count).